The molecule has 0 bridgehead atoms. The van der Waals surface area contributed by atoms with Gasteiger partial charge in [-0.1, -0.05) is 30.7 Å². The Morgan fingerprint density at radius 1 is 1.18 bits per heavy atom. The van der Waals surface area contributed by atoms with Crippen LogP contribution in [0.1, 0.15) is 55.7 Å². The maximum Gasteiger partial charge on any atom is 0.226 e. The Morgan fingerprint density at radius 2 is 1.95 bits per heavy atom. The van der Waals surface area contributed by atoms with E-state index in [1.54, 1.807) is 0 Å². The minimum Gasteiger partial charge on any atom is -0.335 e. The van der Waals surface area contributed by atoms with Crippen LogP contribution in [0.25, 0.3) is 0 Å². The Kier molecular flexibility index (Phi) is 5.87. The fourth-order valence-corrected chi connectivity index (χ4v) is 4.00. The summed E-state index contributed by atoms with van der Waals surface area (Å²) >= 11 is 0. The maximum absolute atomic E-state index is 12.9. The van der Waals surface area contributed by atoms with Crippen LogP contribution in [0.15, 0.2) is 24.3 Å². The first-order valence-electron chi connectivity index (χ1n) is 8.28. The van der Waals surface area contributed by atoms with Gasteiger partial charge in [-0.2, -0.15) is 0 Å². The molecule has 1 aliphatic heterocycles. The Bertz CT molecular complexity index is 520. The summed E-state index contributed by atoms with van der Waals surface area (Å²) in [7, 11) is 0. The summed E-state index contributed by atoms with van der Waals surface area (Å²) in [5.74, 6) is 0.495. The molecule has 1 saturated carbocycles. The van der Waals surface area contributed by atoms with E-state index in [-0.39, 0.29) is 30.4 Å². The zero-order valence-electron chi connectivity index (χ0n) is 13.3. The Hall–Kier alpha value is -1.06. The minimum atomic E-state index is 0. The van der Waals surface area contributed by atoms with E-state index in [1.165, 1.54) is 11.1 Å². The van der Waals surface area contributed by atoms with Gasteiger partial charge in [-0.3, -0.25) is 4.79 Å². The van der Waals surface area contributed by atoms with Crippen molar-refractivity contribution >= 4 is 18.3 Å². The zero-order valence-corrected chi connectivity index (χ0v) is 14.1. The van der Waals surface area contributed by atoms with Crippen LogP contribution in [-0.4, -0.2) is 23.4 Å². The number of carbonyl (C=O) groups excluding carboxylic acids is 1. The number of hydrogen-bond acceptors (Lipinski definition) is 2. The van der Waals surface area contributed by atoms with Crippen LogP contribution >= 0.6 is 12.4 Å². The normalized spacial score (nSPS) is 28.3. The molecule has 1 heterocycles. The number of likely N-dealkylation sites (tertiary alicyclic amines) is 1. The molecule has 4 heteroatoms. The van der Waals surface area contributed by atoms with Crippen LogP contribution in [0.4, 0.5) is 0 Å². The van der Waals surface area contributed by atoms with Crippen LogP contribution in [0.5, 0.6) is 0 Å². The number of benzene rings is 1. The van der Waals surface area contributed by atoms with Gasteiger partial charge in [0.05, 0.1) is 6.04 Å². The van der Waals surface area contributed by atoms with E-state index in [2.05, 4.69) is 36.1 Å². The van der Waals surface area contributed by atoms with Gasteiger partial charge in [0.15, 0.2) is 0 Å². The average molecular weight is 323 g/mol. The highest BCUT2D eigenvalue weighted by atomic mass is 35.5. The molecule has 1 aromatic carbocycles. The molecule has 122 valence electrons. The van der Waals surface area contributed by atoms with Crippen molar-refractivity contribution in [3.05, 3.63) is 35.4 Å². The number of halogens is 1. The van der Waals surface area contributed by atoms with E-state index in [4.69, 9.17) is 5.73 Å². The van der Waals surface area contributed by atoms with Crippen molar-refractivity contribution in [1.29, 1.82) is 0 Å². The molecular weight excluding hydrogens is 296 g/mol. The summed E-state index contributed by atoms with van der Waals surface area (Å²) in [6, 6.07) is 8.97. The molecule has 2 aliphatic rings. The van der Waals surface area contributed by atoms with Gasteiger partial charge in [0.2, 0.25) is 5.91 Å². The second-order valence-corrected chi connectivity index (χ2v) is 6.67. The van der Waals surface area contributed by atoms with E-state index in [1.807, 2.05) is 0 Å². The standard InChI is InChI=1S/C18H26N2O.ClH/c1-13-6-2-3-9-16(13)17-10-5-11-20(17)18(21)14-7-4-8-15(19)12-14;/h2-3,6,9,14-15,17H,4-5,7-8,10-12,19H2,1H3;1H. The first kappa shape index (κ1) is 17.3. The topological polar surface area (TPSA) is 46.3 Å². The summed E-state index contributed by atoms with van der Waals surface area (Å²) in [5.41, 5.74) is 8.68. The van der Waals surface area contributed by atoms with Gasteiger partial charge in [-0.25, -0.2) is 0 Å². The predicted octanol–water partition coefficient (Wildman–Crippen LogP) is 3.60. The van der Waals surface area contributed by atoms with Gasteiger partial charge >= 0.3 is 0 Å². The second kappa shape index (κ2) is 7.47. The molecule has 1 amide bonds. The highest BCUT2D eigenvalue weighted by Gasteiger charge is 2.35. The van der Waals surface area contributed by atoms with Gasteiger partial charge in [0.1, 0.15) is 0 Å². The Labute approximate surface area is 139 Å². The molecule has 2 fully saturated rings. The molecule has 2 N–H and O–H groups in total. The molecule has 0 spiro atoms. The van der Waals surface area contributed by atoms with Crippen LogP contribution < -0.4 is 5.73 Å². The lowest BCUT2D eigenvalue weighted by molar-refractivity contribution is -0.137. The van der Waals surface area contributed by atoms with Crippen molar-refractivity contribution in [2.24, 2.45) is 11.7 Å². The Morgan fingerprint density at radius 3 is 2.68 bits per heavy atom. The van der Waals surface area contributed by atoms with Crippen molar-refractivity contribution < 1.29 is 4.79 Å². The van der Waals surface area contributed by atoms with Crippen LogP contribution in [0.2, 0.25) is 0 Å². The molecule has 3 nitrogen and oxygen atoms in total. The third-order valence-electron chi connectivity index (χ3n) is 5.15. The lowest BCUT2D eigenvalue weighted by Gasteiger charge is -2.33. The van der Waals surface area contributed by atoms with Crippen LogP contribution in [-0.2, 0) is 4.79 Å². The third-order valence-corrected chi connectivity index (χ3v) is 5.15. The number of hydrogen-bond donors (Lipinski definition) is 1. The number of nitrogens with zero attached hydrogens (tertiary/aromatic N) is 1. The fourth-order valence-electron chi connectivity index (χ4n) is 4.00. The van der Waals surface area contributed by atoms with Gasteiger partial charge < -0.3 is 10.6 Å². The summed E-state index contributed by atoms with van der Waals surface area (Å²) in [5, 5.41) is 0. The van der Waals surface area contributed by atoms with Crippen molar-refractivity contribution in [3.63, 3.8) is 0 Å². The van der Waals surface area contributed by atoms with Crippen molar-refractivity contribution in [2.45, 2.75) is 57.5 Å². The molecule has 3 atom stereocenters. The summed E-state index contributed by atoms with van der Waals surface area (Å²) in [4.78, 5) is 15.0. The maximum atomic E-state index is 12.9. The first-order chi connectivity index (χ1) is 10.2. The second-order valence-electron chi connectivity index (χ2n) is 6.67. The number of rotatable bonds is 2. The highest BCUT2D eigenvalue weighted by Crippen LogP contribution is 2.36. The summed E-state index contributed by atoms with van der Waals surface area (Å²) < 4.78 is 0. The monoisotopic (exact) mass is 322 g/mol. The van der Waals surface area contributed by atoms with E-state index < -0.39 is 0 Å². The van der Waals surface area contributed by atoms with Gasteiger partial charge in [-0.05, 0) is 50.2 Å². The summed E-state index contributed by atoms with van der Waals surface area (Å²) in [6.45, 7) is 3.05. The molecular formula is C18H27ClN2O. The van der Waals surface area contributed by atoms with Crippen LogP contribution in [0.3, 0.4) is 0 Å². The number of carbonyl (C=O) groups is 1. The number of amides is 1. The van der Waals surface area contributed by atoms with E-state index in [0.29, 0.717) is 5.91 Å². The van der Waals surface area contributed by atoms with Crippen molar-refractivity contribution in [1.82, 2.24) is 4.90 Å². The highest BCUT2D eigenvalue weighted by molar-refractivity contribution is 5.85. The molecule has 1 aromatic rings. The van der Waals surface area contributed by atoms with Gasteiger partial charge in [0.25, 0.3) is 0 Å². The quantitative estimate of drug-likeness (QED) is 0.904. The molecule has 0 aromatic heterocycles. The summed E-state index contributed by atoms with van der Waals surface area (Å²) in [6.07, 6.45) is 6.27. The predicted molar refractivity (Wildman–Crippen MR) is 92.0 cm³/mol. The molecule has 3 rings (SSSR count). The zero-order chi connectivity index (χ0) is 14.8. The largest absolute Gasteiger partial charge is 0.335 e. The molecule has 3 unspecified atom stereocenters. The Balaban J connectivity index is 0.00000176. The lowest BCUT2D eigenvalue weighted by atomic mass is 9.85. The van der Waals surface area contributed by atoms with E-state index >= 15 is 0 Å². The van der Waals surface area contributed by atoms with E-state index in [0.717, 1.165) is 45.1 Å². The number of aryl methyl sites for hydroxylation is 1. The van der Waals surface area contributed by atoms with Crippen LogP contribution in [0, 0.1) is 12.8 Å². The lowest BCUT2D eigenvalue weighted by Crippen LogP contribution is -2.40. The average Bonchev–Trinajstić information content (AvgIpc) is 2.96. The molecule has 1 aliphatic carbocycles. The molecule has 1 saturated heterocycles. The third kappa shape index (κ3) is 3.47. The van der Waals surface area contributed by atoms with E-state index in [9.17, 15) is 4.79 Å². The number of nitrogens with two attached hydrogens (primary N) is 1. The first-order valence-corrected chi connectivity index (χ1v) is 8.28. The van der Waals surface area contributed by atoms with Gasteiger partial charge in [0, 0.05) is 18.5 Å². The van der Waals surface area contributed by atoms with Gasteiger partial charge in [-0.15, -0.1) is 12.4 Å². The fraction of sp³-hybridized carbons (Fsp3) is 0.611. The smallest absolute Gasteiger partial charge is 0.226 e. The van der Waals surface area contributed by atoms with Crippen molar-refractivity contribution in [2.75, 3.05) is 6.54 Å². The molecule has 0 radical (unpaired) electrons. The molecule has 22 heavy (non-hydrogen) atoms. The SMILES string of the molecule is Cc1ccccc1C1CCCN1C(=O)C1CCCC(N)C1.Cl. The van der Waals surface area contributed by atoms with Crippen molar-refractivity contribution in [3.8, 4) is 0 Å². The minimum absolute atomic E-state index is 0.